The number of amides is 1. The second-order valence-corrected chi connectivity index (χ2v) is 6.02. The monoisotopic (exact) mass is 311 g/mol. The van der Waals surface area contributed by atoms with Crippen LogP contribution in [0.25, 0.3) is 0 Å². The van der Waals surface area contributed by atoms with Gasteiger partial charge in [0.1, 0.15) is 0 Å². The minimum absolute atomic E-state index is 0.0214. The first kappa shape index (κ1) is 17.2. The minimum Gasteiger partial charge on any atom is -0.344 e. The number of nitrogens with one attached hydrogen (secondary N) is 1. The van der Waals surface area contributed by atoms with E-state index < -0.39 is 0 Å². The molecule has 23 heavy (non-hydrogen) atoms. The number of hydrogen-bond acceptors (Lipinski definition) is 1. The molecule has 3 heteroatoms. The van der Waals surface area contributed by atoms with Crippen LogP contribution in [-0.4, -0.2) is 5.91 Å². The maximum absolute atomic E-state index is 12.2. The maximum atomic E-state index is 12.2. The molecule has 0 aliphatic carbocycles. The van der Waals surface area contributed by atoms with Gasteiger partial charge < -0.3 is 5.32 Å². The number of aromatic nitrogens is 1. The quantitative estimate of drug-likeness (QED) is 0.776. The molecule has 0 radical (unpaired) electrons. The van der Waals surface area contributed by atoms with Gasteiger partial charge in [-0.3, -0.25) is 4.79 Å². The van der Waals surface area contributed by atoms with Gasteiger partial charge >= 0.3 is 0 Å². The predicted octanol–water partition coefficient (Wildman–Crippen LogP) is 3.76. The summed E-state index contributed by atoms with van der Waals surface area (Å²) in [5.41, 5.74) is 2.47. The van der Waals surface area contributed by atoms with E-state index in [1.807, 2.05) is 54.2 Å². The normalized spacial score (nSPS) is 12.2. The lowest BCUT2D eigenvalue weighted by molar-refractivity contribution is -0.684. The van der Waals surface area contributed by atoms with Gasteiger partial charge in [-0.25, -0.2) is 0 Å². The molecule has 0 fully saturated rings. The highest BCUT2D eigenvalue weighted by molar-refractivity contribution is 5.74. The highest BCUT2D eigenvalue weighted by Crippen LogP contribution is 2.21. The minimum atomic E-state index is 0.0214. The molecular formula is C20H27N2O+. The van der Waals surface area contributed by atoms with Gasteiger partial charge in [0.05, 0.1) is 6.04 Å². The van der Waals surface area contributed by atoms with Gasteiger partial charge in [0, 0.05) is 12.1 Å². The van der Waals surface area contributed by atoms with Crippen LogP contribution >= 0.6 is 0 Å². The van der Waals surface area contributed by atoms with Crippen LogP contribution in [0.3, 0.4) is 0 Å². The summed E-state index contributed by atoms with van der Waals surface area (Å²) < 4.78 is 1.93. The Morgan fingerprint density at radius 3 is 2.17 bits per heavy atom. The molecule has 0 aliphatic heterocycles. The van der Waals surface area contributed by atoms with Crippen LogP contribution in [-0.2, 0) is 11.3 Å². The molecule has 2 rings (SSSR count). The second-order valence-electron chi connectivity index (χ2n) is 6.02. The molecule has 1 aromatic carbocycles. The molecule has 2 aromatic rings. The first-order valence-electron chi connectivity index (χ1n) is 8.47. The lowest BCUT2D eigenvalue weighted by atomic mass is 9.95. The van der Waals surface area contributed by atoms with Crippen molar-refractivity contribution in [3.8, 4) is 0 Å². The third-order valence-electron chi connectivity index (χ3n) is 4.38. The fraction of sp³-hybridized carbons (Fsp3) is 0.400. The number of pyridine rings is 1. The molecule has 0 aliphatic rings. The standard InChI is InChI=1S/C20H26N2O/c1-4-17(5-2)19-11-13-22(14-12-19)15-20(23)21-16(3)18-9-7-6-8-10-18/h6-14,16-17H,4-5,15H2,1-3H3/p+1. The molecule has 0 bridgehead atoms. The second kappa shape index (κ2) is 8.47. The summed E-state index contributed by atoms with van der Waals surface area (Å²) in [5, 5.41) is 3.04. The van der Waals surface area contributed by atoms with Gasteiger partial charge in [0.25, 0.3) is 5.91 Å². The van der Waals surface area contributed by atoms with Crippen molar-refractivity contribution in [3.05, 3.63) is 66.0 Å². The van der Waals surface area contributed by atoms with E-state index in [-0.39, 0.29) is 11.9 Å². The summed E-state index contributed by atoms with van der Waals surface area (Å²) in [6.45, 7) is 6.79. The van der Waals surface area contributed by atoms with Crippen molar-refractivity contribution in [2.24, 2.45) is 0 Å². The predicted molar refractivity (Wildman–Crippen MR) is 93.0 cm³/mol. The fourth-order valence-electron chi connectivity index (χ4n) is 2.88. The van der Waals surface area contributed by atoms with E-state index in [4.69, 9.17) is 0 Å². The summed E-state index contributed by atoms with van der Waals surface area (Å²) in [6, 6.07) is 14.3. The van der Waals surface area contributed by atoms with Crippen LogP contribution in [0, 0.1) is 0 Å². The zero-order chi connectivity index (χ0) is 16.7. The summed E-state index contributed by atoms with van der Waals surface area (Å²) >= 11 is 0. The average Bonchev–Trinajstić information content (AvgIpc) is 2.58. The zero-order valence-electron chi connectivity index (χ0n) is 14.3. The van der Waals surface area contributed by atoms with Gasteiger partial charge in [-0.15, -0.1) is 0 Å². The van der Waals surface area contributed by atoms with Crippen molar-refractivity contribution in [2.75, 3.05) is 0 Å². The smallest absolute Gasteiger partial charge is 0.286 e. The molecule has 0 spiro atoms. The largest absolute Gasteiger partial charge is 0.344 e. The molecule has 1 N–H and O–H groups in total. The highest BCUT2D eigenvalue weighted by atomic mass is 16.2. The third kappa shape index (κ3) is 4.92. The zero-order valence-corrected chi connectivity index (χ0v) is 14.3. The fourth-order valence-corrected chi connectivity index (χ4v) is 2.88. The van der Waals surface area contributed by atoms with Crippen LogP contribution in [0.2, 0.25) is 0 Å². The van der Waals surface area contributed by atoms with Crippen molar-refractivity contribution < 1.29 is 9.36 Å². The van der Waals surface area contributed by atoms with E-state index in [2.05, 4.69) is 31.3 Å². The number of carbonyl (C=O) groups is 1. The number of hydrogen-bond donors (Lipinski definition) is 1. The van der Waals surface area contributed by atoms with Gasteiger partial charge in [0.15, 0.2) is 12.4 Å². The Kier molecular flexibility index (Phi) is 6.33. The van der Waals surface area contributed by atoms with E-state index >= 15 is 0 Å². The summed E-state index contributed by atoms with van der Waals surface area (Å²) in [5.74, 6) is 0.637. The Bertz CT molecular complexity index is 603. The van der Waals surface area contributed by atoms with Crippen molar-refractivity contribution in [1.29, 1.82) is 0 Å². The lowest BCUT2D eigenvalue weighted by Gasteiger charge is -2.13. The van der Waals surface area contributed by atoms with Crippen LogP contribution in [0.15, 0.2) is 54.9 Å². The number of carbonyl (C=O) groups excluding carboxylic acids is 1. The first-order valence-corrected chi connectivity index (χ1v) is 8.47. The summed E-state index contributed by atoms with van der Waals surface area (Å²) in [7, 11) is 0. The van der Waals surface area contributed by atoms with Crippen LogP contribution in [0.5, 0.6) is 0 Å². The van der Waals surface area contributed by atoms with Gasteiger partial charge in [-0.05, 0) is 36.8 Å². The Morgan fingerprint density at radius 2 is 1.61 bits per heavy atom. The van der Waals surface area contributed by atoms with Crippen molar-refractivity contribution >= 4 is 5.91 Å². The maximum Gasteiger partial charge on any atom is 0.286 e. The molecule has 122 valence electrons. The molecule has 1 unspecified atom stereocenters. The molecule has 0 saturated heterocycles. The molecule has 0 saturated carbocycles. The van der Waals surface area contributed by atoms with Gasteiger partial charge in [-0.1, -0.05) is 44.2 Å². The number of rotatable bonds is 7. The number of nitrogens with zero attached hydrogens (tertiary/aromatic N) is 1. The van der Waals surface area contributed by atoms with Crippen molar-refractivity contribution in [2.45, 2.75) is 52.1 Å². The van der Waals surface area contributed by atoms with E-state index in [1.54, 1.807) is 0 Å². The molecule has 1 aromatic heterocycles. The van der Waals surface area contributed by atoms with E-state index in [9.17, 15) is 4.79 Å². The van der Waals surface area contributed by atoms with Gasteiger partial charge in [0.2, 0.25) is 6.54 Å². The Balaban J connectivity index is 1.92. The topological polar surface area (TPSA) is 33.0 Å². The molecular weight excluding hydrogens is 284 g/mol. The van der Waals surface area contributed by atoms with Crippen molar-refractivity contribution in [1.82, 2.24) is 5.32 Å². The first-order chi connectivity index (χ1) is 11.1. The summed E-state index contributed by atoms with van der Waals surface area (Å²) in [4.78, 5) is 12.2. The van der Waals surface area contributed by atoms with Gasteiger partial charge in [-0.2, -0.15) is 4.57 Å². The Labute approximate surface area is 139 Å². The SMILES string of the molecule is CCC(CC)c1cc[n+](CC(=O)NC(C)c2ccccc2)cc1. The van der Waals surface area contributed by atoms with Crippen LogP contribution < -0.4 is 9.88 Å². The molecule has 1 amide bonds. The van der Waals surface area contributed by atoms with E-state index in [0.29, 0.717) is 12.5 Å². The average molecular weight is 311 g/mol. The third-order valence-corrected chi connectivity index (χ3v) is 4.38. The molecule has 3 nitrogen and oxygen atoms in total. The number of benzene rings is 1. The van der Waals surface area contributed by atoms with E-state index in [1.165, 1.54) is 5.56 Å². The Morgan fingerprint density at radius 1 is 1.00 bits per heavy atom. The van der Waals surface area contributed by atoms with Crippen LogP contribution in [0.1, 0.15) is 56.7 Å². The molecule has 1 heterocycles. The highest BCUT2D eigenvalue weighted by Gasteiger charge is 2.14. The van der Waals surface area contributed by atoms with Crippen LogP contribution in [0.4, 0.5) is 0 Å². The van der Waals surface area contributed by atoms with E-state index in [0.717, 1.165) is 18.4 Å². The Hall–Kier alpha value is -2.16. The lowest BCUT2D eigenvalue weighted by Crippen LogP contribution is -2.43. The van der Waals surface area contributed by atoms with Crippen molar-refractivity contribution in [3.63, 3.8) is 0 Å². The summed E-state index contributed by atoms with van der Waals surface area (Å²) in [6.07, 6.45) is 6.30. The molecule has 1 atom stereocenters.